The summed E-state index contributed by atoms with van der Waals surface area (Å²) in [6.07, 6.45) is 4.88. The van der Waals surface area contributed by atoms with E-state index in [0.29, 0.717) is 5.56 Å². The summed E-state index contributed by atoms with van der Waals surface area (Å²) in [7, 11) is 1.84. The quantitative estimate of drug-likeness (QED) is 0.788. The van der Waals surface area contributed by atoms with Gasteiger partial charge in [0.1, 0.15) is 5.82 Å². The number of piperidine rings is 1. The van der Waals surface area contributed by atoms with E-state index < -0.39 is 0 Å². The molecule has 1 saturated heterocycles. The lowest BCUT2D eigenvalue weighted by Gasteiger charge is -2.34. The number of fused-ring (bicyclic) bond motifs is 1. The maximum Gasteiger partial charge on any atom is 0.257 e. The van der Waals surface area contributed by atoms with Crippen molar-refractivity contribution in [2.45, 2.75) is 32.2 Å². The molecule has 0 aliphatic carbocycles. The number of imidazole rings is 1. The number of rotatable bonds is 2. The minimum atomic E-state index is -0.00161. The highest BCUT2D eigenvalue weighted by Gasteiger charge is 2.32. The molecule has 0 spiro atoms. The minimum absolute atomic E-state index is 0.00161. The molecule has 0 radical (unpaired) electrons. The van der Waals surface area contributed by atoms with E-state index in [2.05, 4.69) is 10.1 Å². The molecule has 1 aromatic carbocycles. The number of aryl methyl sites for hydroxylation is 2. The van der Waals surface area contributed by atoms with E-state index in [9.17, 15) is 4.79 Å². The van der Waals surface area contributed by atoms with E-state index in [4.69, 9.17) is 4.98 Å². The molecule has 1 atom stereocenters. The molecule has 3 heterocycles. The molecular formula is C18H21N5O. The average molecular weight is 323 g/mol. The summed E-state index contributed by atoms with van der Waals surface area (Å²) in [5.74, 6) is 0.927. The number of nitrogens with zero attached hydrogens (tertiary/aromatic N) is 4. The lowest BCUT2D eigenvalue weighted by molar-refractivity contribution is 0.0600. The number of likely N-dealkylation sites (tertiary alicyclic amines) is 1. The first kappa shape index (κ1) is 14.9. The highest BCUT2D eigenvalue weighted by Crippen LogP contribution is 2.32. The number of hydrogen-bond donors (Lipinski definition) is 1. The number of aromatic nitrogens is 4. The van der Waals surface area contributed by atoms with Gasteiger partial charge in [0.2, 0.25) is 0 Å². The van der Waals surface area contributed by atoms with Crippen LogP contribution in [0.25, 0.3) is 11.0 Å². The van der Waals surface area contributed by atoms with Crippen molar-refractivity contribution in [1.82, 2.24) is 24.6 Å². The summed E-state index contributed by atoms with van der Waals surface area (Å²) in [4.78, 5) is 23.1. The zero-order valence-electron chi connectivity index (χ0n) is 14.0. The van der Waals surface area contributed by atoms with E-state index in [1.54, 1.807) is 4.68 Å². The third-order valence-corrected chi connectivity index (χ3v) is 4.73. The molecule has 1 fully saturated rings. The Morgan fingerprint density at radius 2 is 2.12 bits per heavy atom. The fourth-order valence-electron chi connectivity index (χ4n) is 3.55. The predicted molar refractivity (Wildman–Crippen MR) is 91.7 cm³/mol. The number of benzene rings is 1. The topological polar surface area (TPSA) is 66.8 Å². The number of carbonyl (C=O) groups is 1. The van der Waals surface area contributed by atoms with E-state index in [1.165, 1.54) is 0 Å². The summed E-state index contributed by atoms with van der Waals surface area (Å²) in [6.45, 7) is 2.64. The van der Waals surface area contributed by atoms with Crippen molar-refractivity contribution in [2.24, 2.45) is 7.05 Å². The molecule has 124 valence electrons. The van der Waals surface area contributed by atoms with Crippen LogP contribution < -0.4 is 0 Å². The van der Waals surface area contributed by atoms with Gasteiger partial charge in [-0.15, -0.1) is 0 Å². The van der Waals surface area contributed by atoms with Gasteiger partial charge in [-0.25, -0.2) is 4.98 Å². The highest BCUT2D eigenvalue weighted by molar-refractivity contribution is 5.95. The van der Waals surface area contributed by atoms with Crippen molar-refractivity contribution >= 4 is 16.9 Å². The molecule has 1 amide bonds. The lowest BCUT2D eigenvalue weighted by atomic mass is 10.0. The van der Waals surface area contributed by atoms with Gasteiger partial charge in [-0.05, 0) is 38.3 Å². The van der Waals surface area contributed by atoms with Crippen LogP contribution in [0.3, 0.4) is 0 Å². The number of carbonyl (C=O) groups excluding carboxylic acids is 1. The van der Waals surface area contributed by atoms with Crippen molar-refractivity contribution in [1.29, 1.82) is 0 Å². The maximum atomic E-state index is 13.1. The second-order valence-corrected chi connectivity index (χ2v) is 6.45. The second kappa shape index (κ2) is 5.78. The first-order chi connectivity index (χ1) is 11.6. The van der Waals surface area contributed by atoms with E-state index in [0.717, 1.165) is 48.4 Å². The van der Waals surface area contributed by atoms with Crippen LogP contribution in [-0.2, 0) is 7.05 Å². The first-order valence-electron chi connectivity index (χ1n) is 8.39. The monoisotopic (exact) mass is 323 g/mol. The molecule has 1 aliphatic rings. The van der Waals surface area contributed by atoms with Gasteiger partial charge in [0.05, 0.1) is 28.3 Å². The Bertz CT molecular complexity index is 861. The Balaban J connectivity index is 1.70. The number of para-hydroxylation sites is 2. The largest absolute Gasteiger partial charge is 0.340 e. The molecule has 0 saturated carbocycles. The van der Waals surface area contributed by atoms with E-state index in [-0.39, 0.29) is 11.9 Å². The Morgan fingerprint density at radius 3 is 2.88 bits per heavy atom. The number of nitrogens with one attached hydrogen (secondary N) is 1. The summed E-state index contributed by atoms with van der Waals surface area (Å²) in [5, 5.41) is 4.31. The molecule has 6 nitrogen and oxygen atoms in total. The van der Waals surface area contributed by atoms with Gasteiger partial charge in [0, 0.05) is 19.8 Å². The van der Waals surface area contributed by atoms with Crippen LogP contribution in [0.15, 0.2) is 30.5 Å². The average Bonchev–Trinajstić information content (AvgIpc) is 3.17. The third-order valence-electron chi connectivity index (χ3n) is 4.73. The molecule has 6 heteroatoms. The maximum absolute atomic E-state index is 13.1. The zero-order valence-corrected chi connectivity index (χ0v) is 14.0. The normalized spacial score (nSPS) is 18.2. The highest BCUT2D eigenvalue weighted by atomic mass is 16.2. The van der Waals surface area contributed by atoms with Crippen molar-refractivity contribution in [3.8, 4) is 0 Å². The molecule has 4 rings (SSSR count). The van der Waals surface area contributed by atoms with Crippen molar-refractivity contribution < 1.29 is 4.79 Å². The van der Waals surface area contributed by atoms with Crippen LogP contribution >= 0.6 is 0 Å². The number of H-pyrrole nitrogens is 1. The Labute approximate surface area is 140 Å². The molecular weight excluding hydrogens is 302 g/mol. The molecule has 1 aliphatic heterocycles. The van der Waals surface area contributed by atoms with Crippen LogP contribution in [0, 0.1) is 6.92 Å². The number of amides is 1. The van der Waals surface area contributed by atoms with Crippen molar-refractivity contribution in [2.75, 3.05) is 6.54 Å². The molecule has 3 aromatic rings. The van der Waals surface area contributed by atoms with Crippen molar-refractivity contribution in [3.05, 3.63) is 47.5 Å². The standard InChI is InChI=1S/C18H21N5O/c1-12-13(11-22(2)21-12)18(24)23-10-6-5-9-16(23)17-19-14-7-3-4-8-15(14)20-17/h3-4,7-8,11,16H,5-6,9-10H2,1-2H3,(H,19,20). The molecule has 2 aromatic heterocycles. The fraction of sp³-hybridized carbons (Fsp3) is 0.389. The second-order valence-electron chi connectivity index (χ2n) is 6.45. The molecule has 24 heavy (non-hydrogen) atoms. The summed E-state index contributed by atoms with van der Waals surface area (Å²) in [5.41, 5.74) is 3.42. The van der Waals surface area contributed by atoms with E-state index in [1.807, 2.05) is 49.3 Å². The van der Waals surface area contributed by atoms with Gasteiger partial charge in [-0.3, -0.25) is 9.48 Å². The van der Waals surface area contributed by atoms with Crippen LogP contribution in [0.5, 0.6) is 0 Å². The lowest BCUT2D eigenvalue weighted by Crippen LogP contribution is -2.39. The molecule has 1 unspecified atom stereocenters. The summed E-state index contributed by atoms with van der Waals surface area (Å²) < 4.78 is 1.70. The van der Waals surface area contributed by atoms with Crippen molar-refractivity contribution in [3.63, 3.8) is 0 Å². The fourth-order valence-corrected chi connectivity index (χ4v) is 3.55. The Hall–Kier alpha value is -2.63. The van der Waals surface area contributed by atoms with E-state index >= 15 is 0 Å². The van der Waals surface area contributed by atoms with Gasteiger partial charge in [-0.2, -0.15) is 5.10 Å². The third kappa shape index (κ3) is 2.48. The molecule has 0 bridgehead atoms. The van der Waals surface area contributed by atoms with Gasteiger partial charge >= 0.3 is 0 Å². The minimum Gasteiger partial charge on any atom is -0.340 e. The van der Waals surface area contributed by atoms with Gasteiger partial charge in [-0.1, -0.05) is 12.1 Å². The SMILES string of the molecule is Cc1nn(C)cc1C(=O)N1CCCCC1c1nc2ccccc2[nH]1. The summed E-state index contributed by atoms with van der Waals surface area (Å²) in [6, 6.07) is 7.99. The van der Waals surface area contributed by atoms with Crippen LogP contribution in [0.1, 0.15) is 47.2 Å². The predicted octanol–water partition coefficient (Wildman–Crippen LogP) is 2.97. The van der Waals surface area contributed by atoms with Crippen LogP contribution in [0.4, 0.5) is 0 Å². The Morgan fingerprint density at radius 1 is 1.29 bits per heavy atom. The number of aromatic amines is 1. The van der Waals surface area contributed by atoms with Gasteiger partial charge in [0.15, 0.2) is 0 Å². The zero-order chi connectivity index (χ0) is 16.7. The van der Waals surface area contributed by atoms with Crippen LogP contribution in [-0.4, -0.2) is 37.1 Å². The summed E-state index contributed by atoms with van der Waals surface area (Å²) >= 11 is 0. The van der Waals surface area contributed by atoms with Crippen LogP contribution in [0.2, 0.25) is 0 Å². The molecule has 1 N–H and O–H groups in total. The van der Waals surface area contributed by atoms with Gasteiger partial charge < -0.3 is 9.88 Å². The number of hydrogen-bond acceptors (Lipinski definition) is 3. The smallest absolute Gasteiger partial charge is 0.257 e. The first-order valence-corrected chi connectivity index (χ1v) is 8.39. The Kier molecular flexibility index (Phi) is 3.59. The van der Waals surface area contributed by atoms with Gasteiger partial charge in [0.25, 0.3) is 5.91 Å².